The number of nitrogens with one attached hydrogen (secondary N) is 2. The average molecular weight is 412 g/mol. The number of urea groups is 1. The predicted molar refractivity (Wildman–Crippen MR) is 107 cm³/mol. The number of carbonyl (C=O) groups is 1. The van der Waals surface area contributed by atoms with E-state index < -0.39 is 17.8 Å². The number of fused-ring (bicyclic) bond motifs is 1. The Bertz CT molecular complexity index is 1230. The highest BCUT2D eigenvalue weighted by atomic mass is 19.4. The lowest BCUT2D eigenvalue weighted by molar-refractivity contribution is -0.137. The van der Waals surface area contributed by atoms with Crippen molar-refractivity contribution in [1.29, 1.82) is 0 Å². The van der Waals surface area contributed by atoms with E-state index in [0.29, 0.717) is 17.2 Å². The van der Waals surface area contributed by atoms with Gasteiger partial charge in [-0.3, -0.25) is 4.40 Å². The van der Waals surface area contributed by atoms with Gasteiger partial charge in [0.05, 0.1) is 17.5 Å². The largest absolute Gasteiger partial charge is 0.416 e. The fraction of sp³-hybridized carbons (Fsp3) is 0.0500. The van der Waals surface area contributed by atoms with Crippen LogP contribution in [0.5, 0.6) is 0 Å². The maximum atomic E-state index is 12.8. The molecule has 0 saturated carbocycles. The Morgan fingerprint density at radius 1 is 1.00 bits per heavy atom. The number of carbonyl (C=O) groups excluding carboxylic acids is 1. The van der Waals surface area contributed by atoms with Gasteiger partial charge >= 0.3 is 12.2 Å². The van der Waals surface area contributed by atoms with Crippen molar-refractivity contribution in [1.82, 2.24) is 14.4 Å². The van der Waals surface area contributed by atoms with Crippen molar-refractivity contribution in [2.24, 2.45) is 0 Å². The minimum absolute atomic E-state index is 0.0308. The molecule has 0 aliphatic heterocycles. The molecule has 0 aliphatic carbocycles. The minimum atomic E-state index is -4.49. The topological polar surface area (TPSA) is 97.3 Å². The lowest BCUT2D eigenvalue weighted by Crippen LogP contribution is -2.19. The third-order valence-electron chi connectivity index (χ3n) is 4.32. The van der Waals surface area contributed by atoms with E-state index in [4.69, 9.17) is 5.73 Å². The van der Waals surface area contributed by atoms with Crippen LogP contribution in [-0.4, -0.2) is 20.4 Å². The summed E-state index contributed by atoms with van der Waals surface area (Å²) in [6.45, 7) is 0. The van der Waals surface area contributed by atoms with E-state index in [0.717, 1.165) is 23.4 Å². The summed E-state index contributed by atoms with van der Waals surface area (Å²) in [6.07, 6.45) is 0.414. The van der Waals surface area contributed by atoms with Gasteiger partial charge in [0.25, 0.3) is 0 Å². The smallest absolute Gasteiger partial charge is 0.381 e. The number of rotatable bonds is 3. The van der Waals surface area contributed by atoms with E-state index in [1.54, 1.807) is 41.2 Å². The summed E-state index contributed by atoms with van der Waals surface area (Å²) < 4.78 is 40.2. The third kappa shape index (κ3) is 3.88. The second kappa shape index (κ2) is 7.39. The fourth-order valence-electron chi connectivity index (χ4n) is 2.98. The number of alkyl halides is 3. The number of halogens is 3. The first-order valence-corrected chi connectivity index (χ1v) is 8.74. The molecule has 30 heavy (non-hydrogen) atoms. The normalized spacial score (nSPS) is 11.4. The summed E-state index contributed by atoms with van der Waals surface area (Å²) in [7, 11) is 0. The van der Waals surface area contributed by atoms with Crippen molar-refractivity contribution in [3.8, 4) is 11.3 Å². The number of nitrogens with zero attached hydrogens (tertiary/aromatic N) is 3. The van der Waals surface area contributed by atoms with Crippen molar-refractivity contribution >= 4 is 28.9 Å². The molecule has 4 rings (SSSR count). The van der Waals surface area contributed by atoms with Crippen LogP contribution < -0.4 is 16.4 Å². The summed E-state index contributed by atoms with van der Waals surface area (Å²) in [5.74, 6) is 0.290. The van der Waals surface area contributed by atoms with Crippen molar-refractivity contribution < 1.29 is 18.0 Å². The van der Waals surface area contributed by atoms with Gasteiger partial charge in [0.2, 0.25) is 0 Å². The Balaban J connectivity index is 1.53. The molecule has 2 heterocycles. The zero-order valence-corrected chi connectivity index (χ0v) is 15.3. The van der Waals surface area contributed by atoms with E-state index in [2.05, 4.69) is 20.6 Å². The van der Waals surface area contributed by atoms with E-state index in [-0.39, 0.29) is 5.69 Å². The molecule has 0 atom stereocenters. The summed E-state index contributed by atoms with van der Waals surface area (Å²) in [5.41, 5.74) is 7.46. The predicted octanol–water partition coefficient (Wildman–Crippen LogP) is 4.64. The van der Waals surface area contributed by atoms with Gasteiger partial charge in [-0.15, -0.1) is 0 Å². The zero-order valence-electron chi connectivity index (χ0n) is 15.3. The summed E-state index contributed by atoms with van der Waals surface area (Å²) in [6, 6.07) is 10.7. The molecule has 7 nitrogen and oxygen atoms in total. The molecule has 0 aliphatic rings. The second-order valence-electron chi connectivity index (χ2n) is 6.39. The van der Waals surface area contributed by atoms with E-state index >= 15 is 0 Å². The number of hydrogen-bond acceptors (Lipinski definition) is 4. The van der Waals surface area contributed by atoms with Crippen LogP contribution in [0.1, 0.15) is 5.56 Å². The first-order valence-electron chi connectivity index (χ1n) is 8.74. The quantitative estimate of drug-likeness (QED) is 0.457. The van der Waals surface area contributed by atoms with Gasteiger partial charge in [-0.1, -0.05) is 18.2 Å². The number of nitrogens with two attached hydrogens (primary N) is 1. The zero-order chi connectivity index (χ0) is 21.3. The molecule has 2 amide bonds. The number of aromatic nitrogens is 3. The molecular formula is C20H15F3N6O. The standard InChI is InChI=1S/C20H15F3N6O/c21-20(22,23)13-4-2-6-15(10-13)28-19(30)27-14-5-1-3-12(9-14)16-11-26-18-17(24)25-7-8-29(16)18/h1-11H,(H2,24,25)(H2,27,28,30). The Hall–Kier alpha value is -4.08. The van der Waals surface area contributed by atoms with Crippen LogP contribution in [0.3, 0.4) is 0 Å². The average Bonchev–Trinajstić information content (AvgIpc) is 3.13. The van der Waals surface area contributed by atoms with Crippen LogP contribution in [0, 0.1) is 0 Å². The van der Waals surface area contributed by atoms with Crippen LogP contribution >= 0.6 is 0 Å². The molecule has 2 aromatic heterocycles. The van der Waals surface area contributed by atoms with E-state index in [9.17, 15) is 18.0 Å². The molecule has 0 fully saturated rings. The Kier molecular flexibility index (Phi) is 4.74. The highest BCUT2D eigenvalue weighted by Gasteiger charge is 2.30. The Labute approximate surface area is 168 Å². The highest BCUT2D eigenvalue weighted by Crippen LogP contribution is 2.31. The number of benzene rings is 2. The van der Waals surface area contributed by atoms with Crippen molar-refractivity contribution in [3.63, 3.8) is 0 Å². The molecule has 10 heteroatoms. The second-order valence-corrected chi connectivity index (χ2v) is 6.39. The van der Waals surface area contributed by atoms with Crippen LogP contribution in [-0.2, 0) is 6.18 Å². The molecule has 152 valence electrons. The maximum Gasteiger partial charge on any atom is 0.416 e. The number of amides is 2. The Morgan fingerprint density at radius 3 is 2.43 bits per heavy atom. The van der Waals surface area contributed by atoms with Gasteiger partial charge in [-0.05, 0) is 30.3 Å². The first-order chi connectivity index (χ1) is 14.3. The molecule has 2 aromatic carbocycles. The fourth-order valence-corrected chi connectivity index (χ4v) is 2.98. The van der Waals surface area contributed by atoms with Crippen LogP contribution in [0.15, 0.2) is 67.1 Å². The third-order valence-corrected chi connectivity index (χ3v) is 4.32. The molecule has 0 unspecified atom stereocenters. The lowest BCUT2D eigenvalue weighted by atomic mass is 10.1. The number of imidazole rings is 1. The minimum Gasteiger partial charge on any atom is -0.381 e. The van der Waals surface area contributed by atoms with Crippen LogP contribution in [0.2, 0.25) is 0 Å². The summed E-state index contributed by atoms with van der Waals surface area (Å²) in [5, 5.41) is 5.01. The molecule has 0 spiro atoms. The van der Waals surface area contributed by atoms with Gasteiger partial charge in [0.1, 0.15) is 0 Å². The maximum absolute atomic E-state index is 12.8. The molecule has 0 bridgehead atoms. The Morgan fingerprint density at radius 2 is 1.70 bits per heavy atom. The molecular weight excluding hydrogens is 397 g/mol. The molecule has 0 radical (unpaired) electrons. The number of anilines is 3. The number of nitrogen functional groups attached to an aromatic ring is 1. The summed E-state index contributed by atoms with van der Waals surface area (Å²) >= 11 is 0. The van der Waals surface area contributed by atoms with Crippen molar-refractivity contribution in [2.45, 2.75) is 6.18 Å². The van der Waals surface area contributed by atoms with Gasteiger partial charge in [-0.2, -0.15) is 13.2 Å². The summed E-state index contributed by atoms with van der Waals surface area (Å²) in [4.78, 5) is 20.5. The van der Waals surface area contributed by atoms with E-state index in [1.165, 1.54) is 12.1 Å². The van der Waals surface area contributed by atoms with Crippen molar-refractivity contribution in [2.75, 3.05) is 16.4 Å². The van der Waals surface area contributed by atoms with Crippen LogP contribution in [0.4, 0.5) is 35.2 Å². The van der Waals surface area contributed by atoms with Gasteiger partial charge in [0.15, 0.2) is 11.5 Å². The lowest BCUT2D eigenvalue weighted by Gasteiger charge is -2.11. The van der Waals surface area contributed by atoms with E-state index in [1.807, 2.05) is 6.07 Å². The van der Waals surface area contributed by atoms with Gasteiger partial charge in [0, 0.05) is 29.3 Å². The molecule has 4 aromatic rings. The SMILES string of the molecule is Nc1nccn2c(-c3cccc(NC(=O)Nc4cccc(C(F)(F)F)c4)c3)cnc12. The monoisotopic (exact) mass is 412 g/mol. The van der Waals surface area contributed by atoms with Gasteiger partial charge < -0.3 is 16.4 Å². The van der Waals surface area contributed by atoms with Gasteiger partial charge in [-0.25, -0.2) is 14.8 Å². The highest BCUT2D eigenvalue weighted by molar-refractivity contribution is 6.00. The molecule has 4 N–H and O–H groups in total. The van der Waals surface area contributed by atoms with Crippen molar-refractivity contribution in [3.05, 3.63) is 72.7 Å². The first kappa shape index (κ1) is 19.2. The number of hydrogen-bond donors (Lipinski definition) is 3. The molecule has 0 saturated heterocycles. The van der Waals surface area contributed by atoms with Crippen LogP contribution in [0.25, 0.3) is 16.9 Å².